The first-order valence-corrected chi connectivity index (χ1v) is 8.32. The second kappa shape index (κ2) is 6.21. The van der Waals surface area contributed by atoms with Gasteiger partial charge in [0.1, 0.15) is 0 Å². The van der Waals surface area contributed by atoms with E-state index in [0.29, 0.717) is 12.1 Å². The van der Waals surface area contributed by atoms with Crippen molar-refractivity contribution in [2.45, 2.75) is 26.1 Å². The summed E-state index contributed by atoms with van der Waals surface area (Å²) in [7, 11) is 0.0181. The van der Waals surface area contributed by atoms with E-state index in [0.717, 1.165) is 31.9 Å². The van der Waals surface area contributed by atoms with Crippen molar-refractivity contribution in [2.24, 2.45) is 0 Å². The number of aromatic nitrogens is 2. The number of fused-ring (bicyclic) bond motifs is 1. The lowest BCUT2D eigenvalue weighted by Gasteiger charge is -2.27. The van der Waals surface area contributed by atoms with Crippen molar-refractivity contribution in [2.75, 3.05) is 32.9 Å². The molecule has 2 rings (SSSR count). The molecule has 0 radical (unpaired) electrons. The predicted molar refractivity (Wildman–Crippen MR) is 75.5 cm³/mol. The van der Waals surface area contributed by atoms with Gasteiger partial charge in [0.2, 0.25) is 10.0 Å². The molecule has 1 N–H and O–H groups in total. The first-order valence-electron chi connectivity index (χ1n) is 6.71. The lowest BCUT2D eigenvalue weighted by Crippen LogP contribution is -2.35. The van der Waals surface area contributed by atoms with Crippen molar-refractivity contribution < 1.29 is 13.5 Å². The minimum atomic E-state index is -3.10. The van der Waals surface area contributed by atoms with Crippen molar-refractivity contribution in [3.63, 3.8) is 0 Å². The first-order chi connectivity index (χ1) is 9.42. The zero-order valence-electron chi connectivity index (χ0n) is 12.0. The average molecular weight is 302 g/mol. The summed E-state index contributed by atoms with van der Waals surface area (Å²) < 4.78 is 26.5. The Hall–Kier alpha value is -0.960. The zero-order valence-corrected chi connectivity index (χ0v) is 12.8. The summed E-state index contributed by atoms with van der Waals surface area (Å²) in [6, 6.07) is 1.91. The van der Waals surface area contributed by atoms with E-state index in [9.17, 15) is 8.42 Å². The maximum atomic E-state index is 11.7. The van der Waals surface area contributed by atoms with Crippen LogP contribution in [0, 0.1) is 0 Å². The molecule has 8 heteroatoms. The van der Waals surface area contributed by atoms with Crippen LogP contribution in [0.25, 0.3) is 0 Å². The molecule has 0 saturated heterocycles. The Bertz CT molecular complexity index is 553. The molecule has 1 aromatic rings. The average Bonchev–Trinajstić information content (AvgIpc) is 2.80. The van der Waals surface area contributed by atoms with Crippen LogP contribution in [0.2, 0.25) is 0 Å². The monoisotopic (exact) mass is 302 g/mol. The van der Waals surface area contributed by atoms with Gasteiger partial charge in [-0.1, -0.05) is 0 Å². The molecule has 0 aromatic carbocycles. The van der Waals surface area contributed by atoms with Gasteiger partial charge in [0.25, 0.3) is 0 Å². The summed E-state index contributed by atoms with van der Waals surface area (Å²) in [5.74, 6) is 0.178. The minimum absolute atomic E-state index is 0.0406. The summed E-state index contributed by atoms with van der Waals surface area (Å²) in [6.45, 7) is 3.13. The molecule has 0 bridgehead atoms. The second-order valence-corrected chi connectivity index (χ2v) is 7.54. The van der Waals surface area contributed by atoms with Crippen LogP contribution in [0.5, 0.6) is 0 Å². The number of aliphatic hydroxyl groups excluding tert-OH is 1. The van der Waals surface area contributed by atoms with E-state index in [2.05, 4.69) is 10.00 Å². The van der Waals surface area contributed by atoms with E-state index in [-0.39, 0.29) is 12.4 Å². The van der Waals surface area contributed by atoms with Gasteiger partial charge in [-0.3, -0.25) is 9.58 Å². The molecule has 0 amide bonds. The molecule has 0 atom stereocenters. The van der Waals surface area contributed by atoms with Gasteiger partial charge >= 0.3 is 0 Å². The number of hydrogen-bond acceptors (Lipinski definition) is 5. The molecule has 20 heavy (non-hydrogen) atoms. The van der Waals surface area contributed by atoms with Crippen LogP contribution in [0.15, 0.2) is 6.07 Å². The summed E-state index contributed by atoms with van der Waals surface area (Å²) in [5, 5.41) is 13.4. The molecule has 1 aliphatic rings. The number of sulfonamides is 1. The molecule has 0 fully saturated rings. The van der Waals surface area contributed by atoms with Crippen LogP contribution in [-0.4, -0.2) is 65.4 Å². The third-order valence-electron chi connectivity index (χ3n) is 3.52. The number of hydrogen-bond donors (Lipinski definition) is 1. The van der Waals surface area contributed by atoms with Crippen molar-refractivity contribution in [3.05, 3.63) is 17.5 Å². The molecule has 114 valence electrons. The minimum Gasteiger partial charge on any atom is -0.390 e. The van der Waals surface area contributed by atoms with Crippen LogP contribution < -0.4 is 0 Å². The van der Waals surface area contributed by atoms with Crippen LogP contribution in [0.3, 0.4) is 0 Å². The Morgan fingerprint density at radius 2 is 2.15 bits per heavy atom. The van der Waals surface area contributed by atoms with E-state index in [4.69, 9.17) is 5.11 Å². The van der Waals surface area contributed by atoms with Crippen molar-refractivity contribution in [1.29, 1.82) is 0 Å². The molecule has 7 nitrogen and oxygen atoms in total. The van der Waals surface area contributed by atoms with Gasteiger partial charge in [0.15, 0.2) is 0 Å². The maximum Gasteiger partial charge on any atom is 0.213 e. The van der Waals surface area contributed by atoms with Crippen LogP contribution in [-0.2, 0) is 29.7 Å². The van der Waals surface area contributed by atoms with E-state index >= 15 is 0 Å². The lowest BCUT2D eigenvalue weighted by atomic mass is 10.2. The molecule has 2 heterocycles. The van der Waals surface area contributed by atoms with E-state index in [1.807, 2.05) is 10.7 Å². The highest BCUT2D eigenvalue weighted by atomic mass is 32.2. The SMILES string of the molecule is CN(C)S(=O)(=O)CCCN1CCn2nc(CO)cc2C1. The predicted octanol–water partition coefficient (Wildman–Crippen LogP) is -0.527. The Kier molecular flexibility index (Phi) is 4.79. The van der Waals surface area contributed by atoms with Crippen molar-refractivity contribution >= 4 is 10.0 Å². The summed E-state index contributed by atoms with van der Waals surface area (Å²) >= 11 is 0. The Balaban J connectivity index is 1.85. The summed E-state index contributed by atoms with van der Waals surface area (Å²) in [5.41, 5.74) is 1.77. The van der Waals surface area contributed by atoms with Gasteiger partial charge in [0.05, 0.1) is 30.3 Å². The zero-order chi connectivity index (χ0) is 14.8. The van der Waals surface area contributed by atoms with Gasteiger partial charge < -0.3 is 5.11 Å². The normalized spacial score (nSPS) is 16.6. The van der Waals surface area contributed by atoms with Crippen LogP contribution in [0.1, 0.15) is 17.8 Å². The fraction of sp³-hybridized carbons (Fsp3) is 0.750. The van der Waals surface area contributed by atoms with Crippen LogP contribution >= 0.6 is 0 Å². The quantitative estimate of drug-likeness (QED) is 0.764. The third kappa shape index (κ3) is 3.57. The molecule has 1 aliphatic heterocycles. The summed E-state index contributed by atoms with van der Waals surface area (Å²) in [6.07, 6.45) is 0.626. The van der Waals surface area contributed by atoms with Gasteiger partial charge in [-0.15, -0.1) is 0 Å². The lowest BCUT2D eigenvalue weighted by molar-refractivity contribution is 0.213. The van der Waals surface area contributed by atoms with Gasteiger partial charge in [-0.25, -0.2) is 12.7 Å². The van der Waals surface area contributed by atoms with E-state index < -0.39 is 10.0 Å². The smallest absolute Gasteiger partial charge is 0.213 e. The number of rotatable bonds is 6. The Morgan fingerprint density at radius 1 is 1.40 bits per heavy atom. The maximum absolute atomic E-state index is 11.7. The Labute approximate surface area is 119 Å². The standard InChI is InChI=1S/C12H22N4O3S/c1-14(2)20(18,19)7-3-4-15-5-6-16-12(9-15)8-11(10-17)13-16/h8,17H,3-7,9-10H2,1-2H3. The van der Waals surface area contributed by atoms with Crippen molar-refractivity contribution in [3.8, 4) is 0 Å². The molecular weight excluding hydrogens is 280 g/mol. The highest BCUT2D eigenvalue weighted by molar-refractivity contribution is 7.89. The highest BCUT2D eigenvalue weighted by Gasteiger charge is 2.19. The number of aliphatic hydroxyl groups is 1. The number of nitrogens with zero attached hydrogens (tertiary/aromatic N) is 4. The second-order valence-electron chi connectivity index (χ2n) is 5.24. The fourth-order valence-electron chi connectivity index (χ4n) is 2.30. The molecule has 0 spiro atoms. The third-order valence-corrected chi connectivity index (χ3v) is 5.44. The van der Waals surface area contributed by atoms with Gasteiger partial charge in [-0.05, 0) is 19.0 Å². The molecular formula is C12H22N4O3S. The summed E-state index contributed by atoms with van der Waals surface area (Å²) in [4.78, 5) is 2.23. The first kappa shape index (κ1) is 15.4. The largest absolute Gasteiger partial charge is 0.390 e. The van der Waals surface area contributed by atoms with Crippen molar-refractivity contribution in [1.82, 2.24) is 19.0 Å². The molecule has 1 aromatic heterocycles. The van der Waals surface area contributed by atoms with E-state index in [1.54, 1.807) is 14.1 Å². The highest BCUT2D eigenvalue weighted by Crippen LogP contribution is 2.14. The fourth-order valence-corrected chi connectivity index (χ4v) is 3.16. The van der Waals surface area contributed by atoms with Gasteiger partial charge in [-0.2, -0.15) is 5.10 Å². The molecule has 0 aliphatic carbocycles. The molecule has 0 saturated carbocycles. The van der Waals surface area contributed by atoms with Crippen LogP contribution in [0.4, 0.5) is 0 Å². The Morgan fingerprint density at radius 3 is 2.80 bits per heavy atom. The van der Waals surface area contributed by atoms with Gasteiger partial charge in [0, 0.05) is 27.2 Å². The van der Waals surface area contributed by atoms with E-state index in [1.165, 1.54) is 4.31 Å². The molecule has 0 unspecified atom stereocenters. The topological polar surface area (TPSA) is 78.7 Å².